The molecule has 3 nitrogen and oxygen atoms in total. The molecule has 2 unspecified atom stereocenters. The van der Waals surface area contributed by atoms with Gasteiger partial charge in [0.25, 0.3) is 0 Å². The van der Waals surface area contributed by atoms with Gasteiger partial charge in [-0.25, -0.2) is 0 Å². The molecule has 0 saturated carbocycles. The molecule has 0 saturated heterocycles. The Morgan fingerprint density at radius 1 is 1.53 bits per heavy atom. The Morgan fingerprint density at radius 3 is 2.80 bits per heavy atom. The Morgan fingerprint density at radius 2 is 2.27 bits per heavy atom. The SMILES string of the molecule is CCC(CO)NC(C)c1cnccc1C. The summed E-state index contributed by atoms with van der Waals surface area (Å²) in [5, 5.41) is 12.5. The predicted octanol–water partition coefficient (Wildman–Crippen LogP) is 1.81. The van der Waals surface area contributed by atoms with Gasteiger partial charge in [0.05, 0.1) is 6.61 Å². The first-order valence-electron chi connectivity index (χ1n) is 5.46. The minimum Gasteiger partial charge on any atom is -0.395 e. The third kappa shape index (κ3) is 3.29. The van der Waals surface area contributed by atoms with Gasteiger partial charge in [-0.1, -0.05) is 6.92 Å². The van der Waals surface area contributed by atoms with Crippen LogP contribution < -0.4 is 5.32 Å². The van der Waals surface area contributed by atoms with E-state index in [-0.39, 0.29) is 18.7 Å². The lowest BCUT2D eigenvalue weighted by Crippen LogP contribution is -2.34. The van der Waals surface area contributed by atoms with Crippen LogP contribution in [0, 0.1) is 6.92 Å². The van der Waals surface area contributed by atoms with Crippen LogP contribution in [0.4, 0.5) is 0 Å². The molecule has 0 aromatic carbocycles. The molecule has 3 heteroatoms. The van der Waals surface area contributed by atoms with Crippen LogP contribution in [0.1, 0.15) is 37.4 Å². The molecule has 0 bridgehead atoms. The van der Waals surface area contributed by atoms with Crippen molar-refractivity contribution < 1.29 is 5.11 Å². The maximum Gasteiger partial charge on any atom is 0.0584 e. The van der Waals surface area contributed by atoms with Gasteiger partial charge >= 0.3 is 0 Å². The van der Waals surface area contributed by atoms with E-state index in [4.69, 9.17) is 5.11 Å². The first-order valence-corrected chi connectivity index (χ1v) is 5.46. The molecule has 0 fully saturated rings. The first kappa shape index (κ1) is 12.1. The number of aliphatic hydroxyl groups is 1. The molecule has 0 spiro atoms. The molecule has 15 heavy (non-hydrogen) atoms. The molecule has 0 radical (unpaired) electrons. The van der Waals surface area contributed by atoms with Gasteiger partial charge in [0, 0.05) is 24.5 Å². The van der Waals surface area contributed by atoms with E-state index in [1.54, 1.807) is 6.20 Å². The molecule has 1 aromatic rings. The zero-order valence-electron chi connectivity index (χ0n) is 9.70. The second kappa shape index (κ2) is 5.83. The predicted molar refractivity (Wildman–Crippen MR) is 61.7 cm³/mol. The summed E-state index contributed by atoms with van der Waals surface area (Å²) >= 11 is 0. The van der Waals surface area contributed by atoms with Crippen molar-refractivity contribution in [3.8, 4) is 0 Å². The zero-order chi connectivity index (χ0) is 11.3. The maximum atomic E-state index is 9.11. The average Bonchev–Trinajstić information content (AvgIpc) is 2.26. The molecule has 2 N–H and O–H groups in total. The number of aromatic nitrogens is 1. The normalized spacial score (nSPS) is 14.9. The Labute approximate surface area is 91.5 Å². The number of aliphatic hydroxyl groups excluding tert-OH is 1. The number of nitrogens with one attached hydrogen (secondary N) is 1. The molecule has 0 aliphatic carbocycles. The van der Waals surface area contributed by atoms with Crippen molar-refractivity contribution in [1.82, 2.24) is 10.3 Å². The van der Waals surface area contributed by atoms with E-state index < -0.39 is 0 Å². The average molecular weight is 208 g/mol. The van der Waals surface area contributed by atoms with E-state index in [9.17, 15) is 0 Å². The second-order valence-electron chi connectivity index (χ2n) is 3.91. The fourth-order valence-corrected chi connectivity index (χ4v) is 1.67. The molecule has 84 valence electrons. The lowest BCUT2D eigenvalue weighted by atomic mass is 10.0. The van der Waals surface area contributed by atoms with E-state index in [0.717, 1.165) is 6.42 Å². The third-order valence-corrected chi connectivity index (χ3v) is 2.74. The summed E-state index contributed by atoms with van der Waals surface area (Å²) in [5.74, 6) is 0. The number of rotatable bonds is 5. The Kier molecular flexibility index (Phi) is 4.72. The number of hydrogen-bond acceptors (Lipinski definition) is 3. The fraction of sp³-hybridized carbons (Fsp3) is 0.583. The van der Waals surface area contributed by atoms with Gasteiger partial charge in [0.2, 0.25) is 0 Å². The minimum absolute atomic E-state index is 0.166. The van der Waals surface area contributed by atoms with Crippen LogP contribution in [0.15, 0.2) is 18.5 Å². The molecule has 1 heterocycles. The van der Waals surface area contributed by atoms with Gasteiger partial charge in [-0.15, -0.1) is 0 Å². The van der Waals surface area contributed by atoms with Gasteiger partial charge in [-0.2, -0.15) is 0 Å². The van der Waals surface area contributed by atoms with Crippen LogP contribution in [0.2, 0.25) is 0 Å². The van der Waals surface area contributed by atoms with Crippen LogP contribution in [-0.2, 0) is 0 Å². The van der Waals surface area contributed by atoms with Crippen LogP contribution in [-0.4, -0.2) is 22.7 Å². The third-order valence-electron chi connectivity index (χ3n) is 2.74. The second-order valence-corrected chi connectivity index (χ2v) is 3.91. The van der Waals surface area contributed by atoms with Crippen molar-refractivity contribution in [1.29, 1.82) is 0 Å². The summed E-state index contributed by atoms with van der Waals surface area (Å²) < 4.78 is 0. The van der Waals surface area contributed by atoms with Crippen molar-refractivity contribution in [2.75, 3.05) is 6.61 Å². The maximum absolute atomic E-state index is 9.11. The van der Waals surface area contributed by atoms with Crippen LogP contribution >= 0.6 is 0 Å². The summed E-state index contributed by atoms with van der Waals surface area (Å²) in [7, 11) is 0. The smallest absolute Gasteiger partial charge is 0.0584 e. The molecule has 0 aliphatic rings. The monoisotopic (exact) mass is 208 g/mol. The van der Waals surface area contributed by atoms with Gasteiger partial charge < -0.3 is 10.4 Å². The Hall–Kier alpha value is -0.930. The molecular weight excluding hydrogens is 188 g/mol. The topological polar surface area (TPSA) is 45.1 Å². The van der Waals surface area contributed by atoms with E-state index in [2.05, 4.69) is 31.1 Å². The van der Waals surface area contributed by atoms with Gasteiger partial charge in [0.15, 0.2) is 0 Å². The summed E-state index contributed by atoms with van der Waals surface area (Å²) in [6, 6.07) is 2.41. The number of nitrogens with zero attached hydrogens (tertiary/aromatic N) is 1. The minimum atomic E-state index is 0.166. The highest BCUT2D eigenvalue weighted by atomic mass is 16.3. The molecule has 1 aromatic heterocycles. The lowest BCUT2D eigenvalue weighted by Gasteiger charge is -2.21. The number of aryl methyl sites for hydroxylation is 1. The van der Waals surface area contributed by atoms with E-state index >= 15 is 0 Å². The highest BCUT2D eigenvalue weighted by molar-refractivity contribution is 5.24. The zero-order valence-corrected chi connectivity index (χ0v) is 9.70. The fourth-order valence-electron chi connectivity index (χ4n) is 1.67. The molecular formula is C12H20N2O. The highest BCUT2D eigenvalue weighted by Crippen LogP contribution is 2.16. The Balaban J connectivity index is 2.68. The van der Waals surface area contributed by atoms with Crippen molar-refractivity contribution >= 4 is 0 Å². The Bertz CT molecular complexity index is 297. The van der Waals surface area contributed by atoms with Crippen LogP contribution in [0.5, 0.6) is 0 Å². The van der Waals surface area contributed by atoms with Gasteiger partial charge in [-0.05, 0) is 37.5 Å². The van der Waals surface area contributed by atoms with E-state index in [1.807, 2.05) is 12.3 Å². The number of hydrogen-bond donors (Lipinski definition) is 2. The lowest BCUT2D eigenvalue weighted by molar-refractivity contribution is 0.230. The number of pyridine rings is 1. The summed E-state index contributed by atoms with van der Waals surface area (Å²) in [6.07, 6.45) is 4.62. The van der Waals surface area contributed by atoms with E-state index in [1.165, 1.54) is 11.1 Å². The van der Waals surface area contributed by atoms with Crippen molar-refractivity contribution in [2.24, 2.45) is 0 Å². The largest absolute Gasteiger partial charge is 0.395 e. The van der Waals surface area contributed by atoms with Crippen LogP contribution in [0.3, 0.4) is 0 Å². The summed E-state index contributed by atoms with van der Waals surface area (Å²) in [4.78, 5) is 4.12. The standard InChI is InChI=1S/C12H20N2O/c1-4-11(8-15)14-10(3)12-7-13-6-5-9(12)2/h5-7,10-11,14-15H,4,8H2,1-3H3. The summed E-state index contributed by atoms with van der Waals surface area (Å²) in [5.41, 5.74) is 2.43. The van der Waals surface area contributed by atoms with Gasteiger partial charge in [-0.3, -0.25) is 4.98 Å². The molecule has 0 aliphatic heterocycles. The van der Waals surface area contributed by atoms with Crippen molar-refractivity contribution in [3.05, 3.63) is 29.6 Å². The van der Waals surface area contributed by atoms with E-state index in [0.29, 0.717) is 0 Å². The quantitative estimate of drug-likeness (QED) is 0.775. The van der Waals surface area contributed by atoms with Crippen LogP contribution in [0.25, 0.3) is 0 Å². The van der Waals surface area contributed by atoms with Crippen molar-refractivity contribution in [2.45, 2.75) is 39.3 Å². The molecule has 2 atom stereocenters. The van der Waals surface area contributed by atoms with Crippen molar-refractivity contribution in [3.63, 3.8) is 0 Å². The summed E-state index contributed by atoms with van der Waals surface area (Å²) in [6.45, 7) is 6.42. The first-order chi connectivity index (χ1) is 7.19. The highest BCUT2D eigenvalue weighted by Gasteiger charge is 2.12. The van der Waals surface area contributed by atoms with Gasteiger partial charge in [0.1, 0.15) is 0 Å². The molecule has 1 rings (SSSR count). The molecule has 0 amide bonds.